The molecule has 1 atom stereocenters. The number of carbonyl (C=O) groups is 2. The summed E-state index contributed by atoms with van der Waals surface area (Å²) in [5.74, 6) is -1.21. The normalized spacial score (nSPS) is 13.9. The van der Waals surface area contributed by atoms with Crippen LogP contribution < -0.4 is 5.32 Å². The number of nitrogens with zero attached hydrogens (tertiary/aromatic N) is 3. The molecule has 0 aromatic carbocycles. The summed E-state index contributed by atoms with van der Waals surface area (Å²) in [5, 5.41) is 18.3. The van der Waals surface area contributed by atoms with E-state index < -0.39 is 22.8 Å². The van der Waals surface area contributed by atoms with Crippen molar-refractivity contribution in [1.29, 1.82) is 0 Å². The van der Waals surface area contributed by atoms with Crippen molar-refractivity contribution in [3.05, 3.63) is 36.3 Å². The molecule has 0 spiro atoms. The Bertz CT molecular complexity index is 967. The average molecular weight is 471 g/mol. The third-order valence-electron chi connectivity index (χ3n) is 4.62. The molecule has 0 bridgehead atoms. The van der Waals surface area contributed by atoms with Crippen molar-refractivity contribution in [3.63, 3.8) is 0 Å². The number of halogens is 1. The van der Waals surface area contributed by atoms with E-state index in [2.05, 4.69) is 26.3 Å². The lowest BCUT2D eigenvalue weighted by molar-refractivity contribution is -0.390. The molecule has 0 fully saturated rings. The van der Waals surface area contributed by atoms with Crippen LogP contribution in [0.15, 0.2) is 4.47 Å². The lowest BCUT2D eigenvalue weighted by Crippen LogP contribution is -2.26. The van der Waals surface area contributed by atoms with E-state index in [1.54, 1.807) is 20.8 Å². The quantitative estimate of drug-likeness (QED) is 0.389. The number of aromatic nitrogens is 2. The van der Waals surface area contributed by atoms with E-state index in [0.717, 1.165) is 29.7 Å². The number of fused-ring (bicyclic) bond motifs is 1. The highest BCUT2D eigenvalue weighted by molar-refractivity contribution is 9.10. The van der Waals surface area contributed by atoms with Gasteiger partial charge in [-0.05, 0) is 66.5 Å². The summed E-state index contributed by atoms with van der Waals surface area (Å²) < 4.78 is 6.69. The van der Waals surface area contributed by atoms with E-state index in [9.17, 15) is 19.7 Å². The molecule has 2 aromatic heterocycles. The number of anilines is 1. The number of rotatable bonds is 6. The number of ether oxygens (including phenoxy) is 1. The van der Waals surface area contributed by atoms with Crippen LogP contribution in [0, 0.1) is 17.0 Å². The number of hydrogen-bond acceptors (Lipinski definition) is 7. The Balaban J connectivity index is 1.89. The van der Waals surface area contributed by atoms with Gasteiger partial charge in [-0.25, -0.2) is 4.79 Å². The molecule has 0 radical (unpaired) electrons. The molecule has 1 aliphatic rings. The fourth-order valence-corrected chi connectivity index (χ4v) is 4.90. The van der Waals surface area contributed by atoms with Crippen molar-refractivity contribution in [2.24, 2.45) is 0 Å². The van der Waals surface area contributed by atoms with E-state index in [-0.39, 0.29) is 16.9 Å². The number of aryl methyl sites for hydroxylation is 1. The minimum atomic E-state index is -0.808. The van der Waals surface area contributed by atoms with Crippen LogP contribution in [0.2, 0.25) is 0 Å². The van der Waals surface area contributed by atoms with Gasteiger partial charge in [0, 0.05) is 4.88 Å². The Morgan fingerprint density at radius 2 is 2.18 bits per heavy atom. The molecule has 0 aliphatic heterocycles. The zero-order chi connectivity index (χ0) is 20.6. The maximum Gasteiger partial charge on any atom is 0.404 e. The first-order valence-corrected chi connectivity index (χ1v) is 10.4. The van der Waals surface area contributed by atoms with Crippen LogP contribution in [-0.4, -0.2) is 33.2 Å². The number of nitrogens with one attached hydrogen (secondary N) is 1. The van der Waals surface area contributed by atoms with Crippen molar-refractivity contribution in [1.82, 2.24) is 9.78 Å². The van der Waals surface area contributed by atoms with Crippen molar-refractivity contribution in [2.75, 3.05) is 11.9 Å². The minimum absolute atomic E-state index is 0.236. The monoisotopic (exact) mass is 470 g/mol. The van der Waals surface area contributed by atoms with Crippen LogP contribution in [0.5, 0.6) is 0 Å². The van der Waals surface area contributed by atoms with Crippen LogP contribution in [0.3, 0.4) is 0 Å². The van der Waals surface area contributed by atoms with Gasteiger partial charge in [-0.1, -0.05) is 0 Å². The minimum Gasteiger partial charge on any atom is -0.462 e. The first-order chi connectivity index (χ1) is 13.3. The van der Waals surface area contributed by atoms with E-state index in [1.807, 2.05) is 0 Å². The summed E-state index contributed by atoms with van der Waals surface area (Å²) in [7, 11) is 0. The van der Waals surface area contributed by atoms with E-state index in [4.69, 9.17) is 4.74 Å². The summed E-state index contributed by atoms with van der Waals surface area (Å²) in [6.45, 7) is 5.21. The number of hydrogen-bond donors (Lipinski definition) is 1. The third kappa shape index (κ3) is 3.55. The number of carbonyl (C=O) groups excluding carboxylic acids is 2. The predicted octanol–water partition coefficient (Wildman–Crippen LogP) is 3.79. The zero-order valence-electron chi connectivity index (χ0n) is 15.6. The molecule has 1 amide bonds. The van der Waals surface area contributed by atoms with Gasteiger partial charge in [0.25, 0.3) is 5.91 Å². The van der Waals surface area contributed by atoms with Crippen molar-refractivity contribution in [3.8, 4) is 0 Å². The van der Waals surface area contributed by atoms with Gasteiger partial charge in [-0.3, -0.25) is 4.79 Å². The standard InChI is InChI=1S/C17H19BrN4O5S/c1-4-27-17(24)12-10-6-5-7-11(10)28-16(12)19-15(23)9(3)21-8(2)13(18)14(20-21)22(25)26/h9H,4-7H2,1-3H3,(H,19,23). The Labute approximate surface area is 173 Å². The molecule has 2 aromatic rings. The largest absolute Gasteiger partial charge is 0.462 e. The fraction of sp³-hybridized carbons (Fsp3) is 0.471. The van der Waals surface area contributed by atoms with Crippen LogP contribution in [0.1, 0.15) is 52.8 Å². The summed E-state index contributed by atoms with van der Waals surface area (Å²) in [4.78, 5) is 36.8. The van der Waals surface area contributed by atoms with Gasteiger partial charge in [0.1, 0.15) is 15.5 Å². The second-order valence-electron chi connectivity index (χ2n) is 6.37. The summed E-state index contributed by atoms with van der Waals surface area (Å²) in [6, 6.07) is -0.808. The molecule has 1 aliphatic carbocycles. The van der Waals surface area contributed by atoms with E-state index in [1.165, 1.54) is 16.0 Å². The van der Waals surface area contributed by atoms with Crippen LogP contribution in [0.4, 0.5) is 10.8 Å². The molecule has 0 saturated heterocycles. The zero-order valence-corrected chi connectivity index (χ0v) is 18.0. The molecule has 28 heavy (non-hydrogen) atoms. The molecule has 1 unspecified atom stereocenters. The van der Waals surface area contributed by atoms with Crippen LogP contribution in [0.25, 0.3) is 0 Å². The van der Waals surface area contributed by atoms with Gasteiger partial charge < -0.3 is 20.2 Å². The average Bonchev–Trinajstić information content (AvgIpc) is 3.28. The number of thiophene rings is 1. The van der Waals surface area contributed by atoms with Crippen molar-refractivity contribution >= 4 is 50.0 Å². The van der Waals surface area contributed by atoms with Gasteiger partial charge in [0.05, 0.1) is 23.0 Å². The smallest absolute Gasteiger partial charge is 0.404 e. The summed E-state index contributed by atoms with van der Waals surface area (Å²) in [6.07, 6.45) is 2.63. The maximum absolute atomic E-state index is 12.8. The molecule has 2 heterocycles. The lowest BCUT2D eigenvalue weighted by atomic mass is 10.1. The highest BCUT2D eigenvalue weighted by Gasteiger charge is 2.32. The SMILES string of the molecule is CCOC(=O)c1c(NC(=O)C(C)n2nc([N+](=O)[O-])c(Br)c2C)sc2c1CCC2. The third-order valence-corrected chi connectivity index (χ3v) is 6.75. The molecule has 3 rings (SSSR count). The van der Waals surface area contributed by atoms with Gasteiger partial charge in [-0.15, -0.1) is 11.3 Å². The Morgan fingerprint density at radius 1 is 1.46 bits per heavy atom. The van der Waals surface area contributed by atoms with Crippen molar-refractivity contribution in [2.45, 2.75) is 46.1 Å². The molecule has 150 valence electrons. The topological polar surface area (TPSA) is 116 Å². The summed E-state index contributed by atoms with van der Waals surface area (Å²) >= 11 is 4.53. The van der Waals surface area contributed by atoms with Crippen LogP contribution in [-0.2, 0) is 22.4 Å². The Hall–Kier alpha value is -2.27. The van der Waals surface area contributed by atoms with Gasteiger partial charge in [-0.2, -0.15) is 4.68 Å². The molecule has 0 saturated carbocycles. The Kier molecular flexibility index (Phi) is 5.84. The Morgan fingerprint density at radius 3 is 2.79 bits per heavy atom. The fourth-order valence-electron chi connectivity index (χ4n) is 3.22. The number of esters is 1. The number of nitro groups is 1. The second kappa shape index (κ2) is 8.00. The maximum atomic E-state index is 12.8. The number of amides is 1. The molecule has 9 nitrogen and oxygen atoms in total. The first-order valence-electron chi connectivity index (χ1n) is 8.77. The molecule has 11 heteroatoms. The lowest BCUT2D eigenvalue weighted by Gasteiger charge is -2.12. The first kappa shape index (κ1) is 20.5. The highest BCUT2D eigenvalue weighted by atomic mass is 79.9. The molecular weight excluding hydrogens is 452 g/mol. The molecule has 1 N–H and O–H groups in total. The van der Waals surface area contributed by atoms with Gasteiger partial charge in [0.2, 0.25) is 0 Å². The highest BCUT2D eigenvalue weighted by Crippen LogP contribution is 2.40. The second-order valence-corrected chi connectivity index (χ2v) is 8.27. The summed E-state index contributed by atoms with van der Waals surface area (Å²) in [5.41, 5.74) is 1.83. The van der Waals surface area contributed by atoms with Gasteiger partial charge >= 0.3 is 11.8 Å². The predicted molar refractivity (Wildman–Crippen MR) is 107 cm³/mol. The van der Waals surface area contributed by atoms with Crippen molar-refractivity contribution < 1.29 is 19.2 Å². The van der Waals surface area contributed by atoms with E-state index >= 15 is 0 Å². The molecular formula is C17H19BrN4O5S. The van der Waals surface area contributed by atoms with Gasteiger partial charge in [0.15, 0.2) is 0 Å². The van der Waals surface area contributed by atoms with E-state index in [0.29, 0.717) is 16.3 Å². The van der Waals surface area contributed by atoms with Crippen LogP contribution >= 0.6 is 27.3 Å².